The van der Waals surface area contributed by atoms with Crippen LogP contribution >= 0.6 is 0 Å². The molecule has 0 aliphatic rings. The van der Waals surface area contributed by atoms with Gasteiger partial charge in [-0.1, -0.05) is 13.8 Å². The molecule has 0 amide bonds. The Morgan fingerprint density at radius 1 is 1.56 bits per heavy atom. The molecule has 0 N–H and O–H groups in total. The van der Waals surface area contributed by atoms with Gasteiger partial charge in [0.2, 0.25) is 6.54 Å². The summed E-state index contributed by atoms with van der Waals surface area (Å²) in [6, 6.07) is 3.34. The highest BCUT2D eigenvalue weighted by molar-refractivity contribution is 5.56. The number of nitrogens with zero attached hydrogens (tertiary/aromatic N) is 1. The van der Waals surface area contributed by atoms with Crippen LogP contribution in [0.1, 0.15) is 25.5 Å². The number of carbonyl (C=O) groups excluding carboxylic acids is 1. The second-order valence-electron chi connectivity index (χ2n) is 4.09. The van der Waals surface area contributed by atoms with Crippen LogP contribution in [0.25, 0.3) is 0 Å². The van der Waals surface area contributed by atoms with Gasteiger partial charge in [-0.05, 0) is 18.1 Å². The summed E-state index contributed by atoms with van der Waals surface area (Å²) in [7, 11) is 0. The zero-order chi connectivity index (χ0) is 12.1. The second kappa shape index (κ2) is 5.44. The number of carbonyl (C=O) groups is 1. The average molecular weight is 225 g/mol. The number of rotatable bonds is 6. The monoisotopic (exact) mass is 225 g/mol. The first-order chi connectivity index (χ1) is 7.56. The van der Waals surface area contributed by atoms with Crippen molar-refractivity contribution in [3.63, 3.8) is 0 Å². The van der Waals surface area contributed by atoms with Gasteiger partial charge in [-0.15, -0.1) is 0 Å². The molecule has 0 saturated carbocycles. The Morgan fingerprint density at radius 2 is 2.25 bits per heavy atom. The van der Waals surface area contributed by atoms with E-state index < -0.39 is 16.8 Å². The summed E-state index contributed by atoms with van der Waals surface area (Å²) < 4.78 is 5.17. The maximum Gasteiger partial charge on any atom is 0.214 e. The summed E-state index contributed by atoms with van der Waals surface area (Å²) in [5, 5.41) is 10.6. The van der Waals surface area contributed by atoms with Crippen molar-refractivity contribution in [3.8, 4) is 0 Å². The van der Waals surface area contributed by atoms with Crippen LogP contribution in [0.3, 0.4) is 0 Å². The van der Waals surface area contributed by atoms with E-state index in [4.69, 9.17) is 4.42 Å². The van der Waals surface area contributed by atoms with Gasteiger partial charge in [-0.25, -0.2) is 0 Å². The summed E-state index contributed by atoms with van der Waals surface area (Å²) in [6.45, 7) is 3.46. The third-order valence-electron chi connectivity index (χ3n) is 2.65. The Balaban J connectivity index is 2.94. The standard InChI is InChI=1S/C11H15NO4/c1-8(2)10(7-13)9(6-12(14)15)11-4-3-5-16-11/h3-5,7-10H,6H2,1-2H3. The lowest BCUT2D eigenvalue weighted by Gasteiger charge is -2.20. The van der Waals surface area contributed by atoms with Crippen LogP contribution in [-0.2, 0) is 4.79 Å². The van der Waals surface area contributed by atoms with Gasteiger partial charge in [0, 0.05) is 10.8 Å². The van der Waals surface area contributed by atoms with E-state index in [-0.39, 0.29) is 12.5 Å². The summed E-state index contributed by atoms with van der Waals surface area (Å²) in [5.74, 6) is -0.325. The molecule has 1 aromatic heterocycles. The molecule has 0 saturated heterocycles. The van der Waals surface area contributed by atoms with Crippen LogP contribution in [0.2, 0.25) is 0 Å². The Morgan fingerprint density at radius 3 is 2.62 bits per heavy atom. The fourth-order valence-electron chi connectivity index (χ4n) is 1.78. The first-order valence-corrected chi connectivity index (χ1v) is 5.16. The molecule has 0 fully saturated rings. The number of hydrogen-bond donors (Lipinski definition) is 0. The first-order valence-electron chi connectivity index (χ1n) is 5.16. The molecule has 0 spiro atoms. The van der Waals surface area contributed by atoms with Crippen LogP contribution < -0.4 is 0 Å². The zero-order valence-electron chi connectivity index (χ0n) is 9.33. The average Bonchev–Trinajstić information content (AvgIpc) is 2.68. The fourth-order valence-corrected chi connectivity index (χ4v) is 1.78. The normalized spacial score (nSPS) is 14.7. The van der Waals surface area contributed by atoms with Crippen molar-refractivity contribution >= 4 is 6.29 Å². The third kappa shape index (κ3) is 2.92. The molecule has 0 bridgehead atoms. The number of nitro groups is 1. The van der Waals surface area contributed by atoms with E-state index in [9.17, 15) is 14.9 Å². The van der Waals surface area contributed by atoms with E-state index >= 15 is 0 Å². The molecular weight excluding hydrogens is 210 g/mol. The van der Waals surface area contributed by atoms with Crippen LogP contribution in [0, 0.1) is 22.0 Å². The minimum absolute atomic E-state index is 0.0487. The molecular formula is C11H15NO4. The van der Waals surface area contributed by atoms with Crippen molar-refractivity contribution in [2.45, 2.75) is 19.8 Å². The summed E-state index contributed by atoms with van der Waals surface area (Å²) in [6.07, 6.45) is 2.24. The maximum absolute atomic E-state index is 11.0. The van der Waals surface area contributed by atoms with Gasteiger partial charge < -0.3 is 9.21 Å². The van der Waals surface area contributed by atoms with Crippen molar-refractivity contribution in [2.75, 3.05) is 6.54 Å². The molecule has 0 aliphatic heterocycles. The van der Waals surface area contributed by atoms with Crippen molar-refractivity contribution in [1.29, 1.82) is 0 Å². The maximum atomic E-state index is 11.0. The molecule has 1 aromatic rings. The lowest BCUT2D eigenvalue weighted by atomic mass is 9.83. The van der Waals surface area contributed by atoms with Gasteiger partial charge in [0.15, 0.2) is 0 Å². The highest BCUT2D eigenvalue weighted by atomic mass is 16.6. The SMILES string of the molecule is CC(C)C(C=O)C(C[N+](=O)[O-])c1ccco1. The van der Waals surface area contributed by atoms with Crippen molar-refractivity contribution in [2.24, 2.45) is 11.8 Å². The molecule has 0 aromatic carbocycles. The largest absolute Gasteiger partial charge is 0.469 e. The molecule has 2 atom stereocenters. The van der Waals surface area contributed by atoms with E-state index in [1.54, 1.807) is 12.1 Å². The Hall–Kier alpha value is -1.65. The molecule has 0 radical (unpaired) electrons. The van der Waals surface area contributed by atoms with Gasteiger partial charge in [0.25, 0.3) is 0 Å². The van der Waals surface area contributed by atoms with Gasteiger partial charge >= 0.3 is 0 Å². The second-order valence-corrected chi connectivity index (χ2v) is 4.09. The third-order valence-corrected chi connectivity index (χ3v) is 2.65. The van der Waals surface area contributed by atoms with E-state index in [0.29, 0.717) is 5.76 Å². The topological polar surface area (TPSA) is 73.3 Å². The van der Waals surface area contributed by atoms with Gasteiger partial charge in [-0.2, -0.15) is 0 Å². The molecule has 0 aliphatic carbocycles. The highest BCUT2D eigenvalue weighted by Gasteiger charge is 2.31. The molecule has 1 rings (SSSR count). The molecule has 16 heavy (non-hydrogen) atoms. The predicted octanol–water partition coefficient (Wildman–Crippen LogP) is 2.11. The molecule has 88 valence electrons. The van der Waals surface area contributed by atoms with E-state index in [1.165, 1.54) is 6.26 Å². The molecule has 5 heteroatoms. The number of hydrogen-bond acceptors (Lipinski definition) is 4. The van der Waals surface area contributed by atoms with E-state index in [0.717, 1.165) is 6.29 Å². The Labute approximate surface area is 93.6 Å². The molecule has 2 unspecified atom stereocenters. The highest BCUT2D eigenvalue weighted by Crippen LogP contribution is 2.29. The van der Waals surface area contributed by atoms with Gasteiger partial charge in [0.1, 0.15) is 12.0 Å². The zero-order valence-corrected chi connectivity index (χ0v) is 9.33. The van der Waals surface area contributed by atoms with E-state index in [1.807, 2.05) is 13.8 Å². The predicted molar refractivity (Wildman–Crippen MR) is 57.7 cm³/mol. The van der Waals surface area contributed by atoms with Crippen molar-refractivity contribution in [3.05, 3.63) is 34.3 Å². The van der Waals surface area contributed by atoms with Gasteiger partial charge in [-0.3, -0.25) is 10.1 Å². The number of aldehydes is 1. The van der Waals surface area contributed by atoms with Crippen LogP contribution in [0.4, 0.5) is 0 Å². The van der Waals surface area contributed by atoms with Gasteiger partial charge in [0.05, 0.1) is 12.2 Å². The Kier molecular flexibility index (Phi) is 4.22. The fraction of sp³-hybridized carbons (Fsp3) is 0.545. The Bertz CT molecular complexity index is 345. The summed E-state index contributed by atoms with van der Waals surface area (Å²) in [4.78, 5) is 21.2. The lowest BCUT2D eigenvalue weighted by molar-refractivity contribution is -0.485. The summed E-state index contributed by atoms with van der Waals surface area (Å²) >= 11 is 0. The smallest absolute Gasteiger partial charge is 0.214 e. The number of furan rings is 1. The first kappa shape index (κ1) is 12.4. The van der Waals surface area contributed by atoms with Crippen molar-refractivity contribution in [1.82, 2.24) is 0 Å². The van der Waals surface area contributed by atoms with Crippen LogP contribution in [0.5, 0.6) is 0 Å². The van der Waals surface area contributed by atoms with Crippen molar-refractivity contribution < 1.29 is 14.1 Å². The minimum Gasteiger partial charge on any atom is -0.469 e. The van der Waals surface area contributed by atoms with Crippen LogP contribution in [0.15, 0.2) is 22.8 Å². The minimum atomic E-state index is -0.484. The molecule has 5 nitrogen and oxygen atoms in total. The quantitative estimate of drug-likeness (QED) is 0.422. The lowest BCUT2D eigenvalue weighted by Crippen LogP contribution is -2.25. The van der Waals surface area contributed by atoms with E-state index in [2.05, 4.69) is 0 Å². The van der Waals surface area contributed by atoms with Crippen LogP contribution in [-0.4, -0.2) is 17.8 Å². The summed E-state index contributed by atoms with van der Waals surface area (Å²) in [5.41, 5.74) is 0. The molecule has 1 heterocycles.